The van der Waals surface area contributed by atoms with Crippen molar-refractivity contribution in [3.63, 3.8) is 0 Å². The number of nitrogens with one attached hydrogen (secondary N) is 2. The highest BCUT2D eigenvalue weighted by Crippen LogP contribution is 2.12. The Morgan fingerprint density at radius 3 is 2.70 bits per heavy atom. The number of fused-ring (bicyclic) bond motifs is 1. The van der Waals surface area contributed by atoms with Crippen LogP contribution in [0.15, 0.2) is 60.0 Å². The van der Waals surface area contributed by atoms with E-state index in [4.69, 9.17) is 4.74 Å². The van der Waals surface area contributed by atoms with Crippen LogP contribution in [0.2, 0.25) is 0 Å². The summed E-state index contributed by atoms with van der Waals surface area (Å²) >= 11 is 1.24. The zero-order chi connectivity index (χ0) is 19.1. The van der Waals surface area contributed by atoms with Gasteiger partial charge >= 0.3 is 5.97 Å². The second-order valence-electron chi connectivity index (χ2n) is 5.35. The summed E-state index contributed by atoms with van der Waals surface area (Å²) in [6.45, 7) is -0.515. The Hall–Kier alpha value is -3.52. The highest BCUT2D eigenvalue weighted by atomic mass is 32.1. The average molecular weight is 381 g/mol. The molecule has 0 aliphatic carbocycles. The normalized spacial score (nSPS) is 10.7. The fourth-order valence-corrected chi connectivity index (χ4v) is 2.76. The fraction of sp³-hybridized carbons (Fsp3) is 0.0526. The lowest BCUT2D eigenvalue weighted by atomic mass is 10.2. The van der Waals surface area contributed by atoms with E-state index < -0.39 is 24.4 Å². The molecule has 3 aromatic rings. The minimum atomic E-state index is -0.690. The Labute approximate surface area is 158 Å². The number of hydrazine groups is 1. The second kappa shape index (κ2) is 8.72. The van der Waals surface area contributed by atoms with E-state index in [1.54, 1.807) is 23.6 Å². The molecule has 27 heavy (non-hydrogen) atoms. The number of pyridine rings is 1. The van der Waals surface area contributed by atoms with E-state index in [9.17, 15) is 14.4 Å². The zero-order valence-corrected chi connectivity index (χ0v) is 14.9. The number of esters is 1. The minimum absolute atomic E-state index is 0.438. The summed E-state index contributed by atoms with van der Waals surface area (Å²) < 4.78 is 4.82. The number of thiophene rings is 1. The van der Waals surface area contributed by atoms with Crippen LogP contribution in [-0.4, -0.2) is 29.4 Å². The van der Waals surface area contributed by atoms with Crippen molar-refractivity contribution in [3.05, 3.63) is 70.6 Å². The molecule has 136 valence electrons. The third-order valence-corrected chi connectivity index (χ3v) is 4.28. The van der Waals surface area contributed by atoms with Gasteiger partial charge in [-0.15, -0.1) is 11.3 Å². The number of hydrogen-bond donors (Lipinski definition) is 2. The summed E-state index contributed by atoms with van der Waals surface area (Å²) in [4.78, 5) is 39.8. The zero-order valence-electron chi connectivity index (χ0n) is 14.0. The average Bonchev–Trinajstić information content (AvgIpc) is 3.23. The van der Waals surface area contributed by atoms with Crippen LogP contribution in [0, 0.1) is 0 Å². The number of para-hydroxylation sites is 1. The van der Waals surface area contributed by atoms with Gasteiger partial charge in [-0.25, -0.2) is 9.78 Å². The lowest BCUT2D eigenvalue weighted by molar-refractivity contribution is -0.144. The molecule has 2 heterocycles. The van der Waals surface area contributed by atoms with E-state index in [0.717, 1.165) is 10.9 Å². The molecule has 0 bridgehead atoms. The molecule has 1 aromatic carbocycles. The van der Waals surface area contributed by atoms with Gasteiger partial charge in [0.1, 0.15) is 0 Å². The fourth-order valence-electron chi connectivity index (χ4n) is 2.14. The predicted octanol–water partition coefficient (Wildman–Crippen LogP) is 2.31. The molecule has 2 amide bonds. The van der Waals surface area contributed by atoms with E-state index >= 15 is 0 Å². The number of benzene rings is 1. The summed E-state index contributed by atoms with van der Waals surface area (Å²) in [5.74, 6) is -1.78. The highest BCUT2D eigenvalue weighted by molar-refractivity contribution is 7.12. The molecule has 0 aliphatic heterocycles. The van der Waals surface area contributed by atoms with E-state index in [-0.39, 0.29) is 0 Å². The maximum Gasteiger partial charge on any atom is 0.331 e. The molecule has 0 aliphatic rings. The van der Waals surface area contributed by atoms with Gasteiger partial charge in [-0.2, -0.15) is 0 Å². The van der Waals surface area contributed by atoms with E-state index in [2.05, 4.69) is 15.8 Å². The van der Waals surface area contributed by atoms with Crippen LogP contribution in [0.1, 0.15) is 15.4 Å². The van der Waals surface area contributed by atoms with Crippen molar-refractivity contribution in [2.24, 2.45) is 0 Å². The summed E-state index contributed by atoms with van der Waals surface area (Å²) in [5, 5.41) is 2.74. The van der Waals surface area contributed by atoms with Gasteiger partial charge in [0.15, 0.2) is 6.61 Å². The quantitative estimate of drug-likeness (QED) is 0.402. The van der Waals surface area contributed by atoms with Crippen LogP contribution in [0.3, 0.4) is 0 Å². The monoisotopic (exact) mass is 381 g/mol. The molecule has 7 nitrogen and oxygen atoms in total. The number of ether oxygens (including phenoxy) is 1. The van der Waals surface area contributed by atoms with Gasteiger partial charge in [0.2, 0.25) is 0 Å². The minimum Gasteiger partial charge on any atom is -0.452 e. The van der Waals surface area contributed by atoms with Crippen molar-refractivity contribution in [3.8, 4) is 0 Å². The predicted molar refractivity (Wildman–Crippen MR) is 102 cm³/mol. The Balaban J connectivity index is 1.45. The first-order valence-corrected chi connectivity index (χ1v) is 8.83. The maximum atomic E-state index is 11.7. The molecule has 2 N–H and O–H groups in total. The van der Waals surface area contributed by atoms with Crippen molar-refractivity contribution in [2.75, 3.05) is 6.61 Å². The Bertz CT molecular complexity index is 999. The Kier molecular flexibility index (Phi) is 5.91. The highest BCUT2D eigenvalue weighted by Gasteiger charge is 2.09. The van der Waals surface area contributed by atoms with Crippen LogP contribution in [-0.2, 0) is 14.3 Å². The first kappa shape index (κ1) is 18.3. The molecule has 0 saturated carbocycles. The van der Waals surface area contributed by atoms with Crippen LogP contribution in [0.5, 0.6) is 0 Å². The molecule has 3 rings (SSSR count). The summed E-state index contributed by atoms with van der Waals surface area (Å²) in [7, 11) is 0. The molecule has 0 fully saturated rings. The number of aromatic nitrogens is 1. The van der Waals surface area contributed by atoms with Crippen LogP contribution < -0.4 is 10.9 Å². The molecule has 0 spiro atoms. The first-order valence-electron chi connectivity index (χ1n) is 7.95. The topological polar surface area (TPSA) is 97.4 Å². The molecule has 2 aromatic heterocycles. The number of amides is 2. The molecule has 8 heteroatoms. The largest absolute Gasteiger partial charge is 0.452 e. The molecule has 0 radical (unpaired) electrons. The van der Waals surface area contributed by atoms with Gasteiger partial charge in [0.25, 0.3) is 11.8 Å². The van der Waals surface area contributed by atoms with Crippen molar-refractivity contribution in [1.29, 1.82) is 0 Å². The van der Waals surface area contributed by atoms with Gasteiger partial charge in [0.05, 0.1) is 16.1 Å². The lowest BCUT2D eigenvalue weighted by Gasteiger charge is -2.06. The number of carbonyl (C=O) groups excluding carboxylic acids is 3. The van der Waals surface area contributed by atoms with Crippen molar-refractivity contribution < 1.29 is 19.1 Å². The van der Waals surface area contributed by atoms with Crippen LogP contribution in [0.25, 0.3) is 17.0 Å². The smallest absolute Gasteiger partial charge is 0.331 e. The van der Waals surface area contributed by atoms with Gasteiger partial charge in [0, 0.05) is 11.5 Å². The summed E-state index contributed by atoms with van der Waals surface area (Å²) in [6, 6.07) is 14.6. The third-order valence-electron chi connectivity index (χ3n) is 3.42. The first-order chi connectivity index (χ1) is 13.1. The van der Waals surface area contributed by atoms with Crippen LogP contribution in [0.4, 0.5) is 0 Å². The van der Waals surface area contributed by atoms with E-state index in [1.165, 1.54) is 23.5 Å². The number of carbonyl (C=O) groups is 3. The molecule has 0 saturated heterocycles. The van der Waals surface area contributed by atoms with Crippen molar-refractivity contribution in [1.82, 2.24) is 15.8 Å². The van der Waals surface area contributed by atoms with Crippen molar-refractivity contribution in [2.45, 2.75) is 0 Å². The Morgan fingerprint density at radius 1 is 1.04 bits per heavy atom. The summed E-state index contributed by atoms with van der Waals surface area (Å²) in [5.41, 5.74) is 5.82. The maximum absolute atomic E-state index is 11.7. The SMILES string of the molecule is O=C(COC(=O)/C=C/c1ccc2ccccc2n1)NNC(=O)c1cccs1. The second-order valence-corrected chi connectivity index (χ2v) is 6.30. The number of rotatable bonds is 5. The van der Waals surface area contributed by atoms with Gasteiger partial charge in [-0.3, -0.25) is 20.4 Å². The van der Waals surface area contributed by atoms with Crippen LogP contribution >= 0.6 is 11.3 Å². The van der Waals surface area contributed by atoms with E-state index in [1.807, 2.05) is 30.3 Å². The molecular formula is C19H15N3O4S. The van der Waals surface area contributed by atoms with Gasteiger partial charge < -0.3 is 4.74 Å². The molecule has 0 atom stereocenters. The molecule has 0 unspecified atom stereocenters. The molecular weight excluding hydrogens is 366 g/mol. The van der Waals surface area contributed by atoms with Gasteiger partial charge in [-0.1, -0.05) is 30.3 Å². The van der Waals surface area contributed by atoms with E-state index in [0.29, 0.717) is 10.6 Å². The van der Waals surface area contributed by atoms with Gasteiger partial charge in [-0.05, 0) is 29.7 Å². The standard InChI is InChI=1S/C19H15N3O4S/c23-17(21-22-19(25)16-6-3-11-27-16)12-26-18(24)10-9-14-8-7-13-4-1-2-5-15(13)20-14/h1-11H,12H2,(H,21,23)(H,22,25)/b10-9+. The Morgan fingerprint density at radius 2 is 1.89 bits per heavy atom. The third kappa shape index (κ3) is 5.23. The summed E-state index contributed by atoms with van der Waals surface area (Å²) in [6.07, 6.45) is 2.69. The number of hydrogen-bond acceptors (Lipinski definition) is 6. The lowest BCUT2D eigenvalue weighted by Crippen LogP contribution is -2.43. The van der Waals surface area contributed by atoms with Crippen molar-refractivity contribution >= 4 is 46.1 Å². The number of nitrogens with zero attached hydrogens (tertiary/aromatic N) is 1.